The second-order valence-electron chi connectivity index (χ2n) is 4.38. The fourth-order valence-electron chi connectivity index (χ4n) is 1.16. The van der Waals surface area contributed by atoms with Crippen LogP contribution < -0.4 is 0 Å². The van der Waals surface area contributed by atoms with Crippen LogP contribution in [-0.4, -0.2) is 11.8 Å². The molecule has 73 valence electrons. The van der Waals surface area contributed by atoms with E-state index in [1.165, 1.54) is 18.4 Å². The van der Waals surface area contributed by atoms with Gasteiger partial charge in [0, 0.05) is 0 Å². The van der Waals surface area contributed by atoms with E-state index >= 15 is 0 Å². The summed E-state index contributed by atoms with van der Waals surface area (Å²) in [4.78, 5) is 5.21. The van der Waals surface area contributed by atoms with Gasteiger partial charge in [0.15, 0.2) is 0 Å². The molecule has 0 aliphatic heterocycles. The van der Waals surface area contributed by atoms with Crippen molar-refractivity contribution in [1.29, 1.82) is 0 Å². The van der Waals surface area contributed by atoms with Crippen LogP contribution in [0.5, 0.6) is 0 Å². The predicted molar refractivity (Wildman–Crippen MR) is 54.8 cm³/mol. The first-order chi connectivity index (χ1) is 6.08. The SMILES string of the molecule is CC(C)(C)O/N=[C]/C1=CCCCC1. The standard InChI is InChI=1S/C11H18NO/c1-11(2,3)13-12-9-10-7-5-4-6-8-10/h7H,4-6,8H2,1-3H3. The lowest BCUT2D eigenvalue weighted by molar-refractivity contribution is 0.00193. The van der Waals surface area contributed by atoms with Gasteiger partial charge in [-0.15, -0.1) is 0 Å². The van der Waals surface area contributed by atoms with Gasteiger partial charge < -0.3 is 4.84 Å². The van der Waals surface area contributed by atoms with Crippen molar-refractivity contribution in [3.8, 4) is 0 Å². The highest BCUT2D eigenvalue weighted by Gasteiger charge is 2.09. The molecular weight excluding hydrogens is 162 g/mol. The summed E-state index contributed by atoms with van der Waals surface area (Å²) in [6.45, 7) is 5.94. The number of allylic oxidation sites excluding steroid dienone is 2. The molecule has 2 nitrogen and oxygen atoms in total. The van der Waals surface area contributed by atoms with Crippen molar-refractivity contribution >= 4 is 6.21 Å². The topological polar surface area (TPSA) is 21.6 Å². The quantitative estimate of drug-likeness (QED) is 0.472. The van der Waals surface area contributed by atoms with Crippen LogP contribution in [0, 0.1) is 0 Å². The third kappa shape index (κ3) is 4.71. The molecule has 0 fully saturated rings. The van der Waals surface area contributed by atoms with Gasteiger partial charge in [-0.3, -0.25) is 0 Å². The second kappa shape index (κ2) is 4.45. The highest BCUT2D eigenvalue weighted by atomic mass is 16.6. The van der Waals surface area contributed by atoms with E-state index < -0.39 is 0 Å². The summed E-state index contributed by atoms with van der Waals surface area (Å²) in [5, 5.41) is 3.85. The maximum absolute atomic E-state index is 5.21. The smallest absolute Gasteiger partial charge is 0.135 e. The van der Waals surface area contributed by atoms with Crippen molar-refractivity contribution in [3.63, 3.8) is 0 Å². The summed E-state index contributed by atoms with van der Waals surface area (Å²) >= 11 is 0. The van der Waals surface area contributed by atoms with Crippen LogP contribution in [0.2, 0.25) is 0 Å². The summed E-state index contributed by atoms with van der Waals surface area (Å²) in [6, 6.07) is 0. The Bertz CT molecular complexity index is 211. The van der Waals surface area contributed by atoms with Crippen LogP contribution in [0.3, 0.4) is 0 Å². The maximum Gasteiger partial charge on any atom is 0.135 e. The third-order valence-electron chi connectivity index (χ3n) is 1.80. The molecule has 1 aliphatic carbocycles. The second-order valence-corrected chi connectivity index (χ2v) is 4.38. The molecule has 1 radical (unpaired) electrons. The Labute approximate surface area is 80.7 Å². The minimum Gasteiger partial charge on any atom is -0.390 e. The van der Waals surface area contributed by atoms with E-state index in [0.717, 1.165) is 12.8 Å². The van der Waals surface area contributed by atoms with E-state index in [-0.39, 0.29) is 5.60 Å². The number of rotatable bonds is 2. The summed E-state index contributed by atoms with van der Waals surface area (Å²) < 4.78 is 0. The lowest BCUT2D eigenvalue weighted by Crippen LogP contribution is -2.15. The number of hydrogen-bond donors (Lipinski definition) is 0. The van der Waals surface area contributed by atoms with Gasteiger partial charge in [0.05, 0.1) is 0 Å². The van der Waals surface area contributed by atoms with E-state index in [9.17, 15) is 0 Å². The summed E-state index contributed by atoms with van der Waals surface area (Å²) in [6.07, 6.45) is 9.94. The minimum atomic E-state index is -0.206. The summed E-state index contributed by atoms with van der Waals surface area (Å²) in [7, 11) is 0. The van der Waals surface area contributed by atoms with Gasteiger partial charge in [-0.05, 0) is 52.0 Å². The first kappa shape index (κ1) is 10.3. The lowest BCUT2D eigenvalue weighted by atomic mass is 10.0. The monoisotopic (exact) mass is 180 g/mol. The first-order valence-electron chi connectivity index (χ1n) is 4.91. The Morgan fingerprint density at radius 2 is 2.15 bits per heavy atom. The first-order valence-corrected chi connectivity index (χ1v) is 4.91. The molecule has 0 amide bonds. The van der Waals surface area contributed by atoms with Crippen molar-refractivity contribution in [2.24, 2.45) is 5.16 Å². The van der Waals surface area contributed by atoms with Crippen LogP contribution in [0.4, 0.5) is 0 Å². The zero-order valence-electron chi connectivity index (χ0n) is 8.76. The molecule has 2 heteroatoms. The fourth-order valence-corrected chi connectivity index (χ4v) is 1.16. The van der Waals surface area contributed by atoms with Gasteiger partial charge >= 0.3 is 0 Å². The molecule has 0 heterocycles. The zero-order valence-corrected chi connectivity index (χ0v) is 8.76. The Morgan fingerprint density at radius 1 is 1.38 bits per heavy atom. The minimum absolute atomic E-state index is 0.206. The number of nitrogens with zero attached hydrogens (tertiary/aromatic N) is 1. The Morgan fingerprint density at radius 3 is 2.69 bits per heavy atom. The molecule has 0 unspecified atom stereocenters. The molecule has 0 spiro atoms. The molecular formula is C11H18NO. The molecule has 0 aromatic heterocycles. The van der Waals surface area contributed by atoms with Gasteiger partial charge in [0.25, 0.3) is 0 Å². The Hall–Kier alpha value is -0.790. The van der Waals surface area contributed by atoms with E-state index in [0.29, 0.717) is 0 Å². The maximum atomic E-state index is 5.21. The van der Waals surface area contributed by atoms with E-state index in [2.05, 4.69) is 17.4 Å². The van der Waals surface area contributed by atoms with Crippen LogP contribution in [0.25, 0.3) is 0 Å². The summed E-state index contributed by atoms with van der Waals surface area (Å²) in [5.74, 6) is 0. The molecule has 0 aromatic carbocycles. The zero-order chi connectivity index (χ0) is 9.73. The predicted octanol–water partition coefficient (Wildman–Crippen LogP) is 3.16. The molecule has 0 bridgehead atoms. The molecule has 0 saturated carbocycles. The van der Waals surface area contributed by atoms with Gasteiger partial charge in [0.2, 0.25) is 0 Å². The largest absolute Gasteiger partial charge is 0.390 e. The van der Waals surface area contributed by atoms with Crippen molar-refractivity contribution in [3.05, 3.63) is 11.6 Å². The number of hydrogen-bond acceptors (Lipinski definition) is 2. The third-order valence-corrected chi connectivity index (χ3v) is 1.80. The molecule has 0 aromatic rings. The van der Waals surface area contributed by atoms with E-state index in [1.807, 2.05) is 20.8 Å². The van der Waals surface area contributed by atoms with Gasteiger partial charge in [0.1, 0.15) is 11.8 Å². The van der Waals surface area contributed by atoms with Gasteiger partial charge in [-0.2, -0.15) is 0 Å². The average Bonchev–Trinajstić information content (AvgIpc) is 2.04. The highest BCUT2D eigenvalue weighted by molar-refractivity contribution is 5.78. The fraction of sp³-hybridized carbons (Fsp3) is 0.727. The van der Waals surface area contributed by atoms with E-state index in [4.69, 9.17) is 4.84 Å². The van der Waals surface area contributed by atoms with Crippen LogP contribution in [-0.2, 0) is 4.84 Å². The molecule has 0 saturated heterocycles. The Balaban J connectivity index is 2.35. The van der Waals surface area contributed by atoms with Crippen LogP contribution in [0.1, 0.15) is 46.5 Å². The van der Waals surface area contributed by atoms with Crippen molar-refractivity contribution in [2.45, 2.75) is 52.1 Å². The van der Waals surface area contributed by atoms with Crippen molar-refractivity contribution < 1.29 is 4.84 Å². The Kier molecular flexibility index (Phi) is 3.52. The highest BCUT2D eigenvalue weighted by Crippen LogP contribution is 2.16. The van der Waals surface area contributed by atoms with Crippen molar-refractivity contribution in [1.82, 2.24) is 0 Å². The molecule has 1 rings (SSSR count). The molecule has 13 heavy (non-hydrogen) atoms. The van der Waals surface area contributed by atoms with Crippen LogP contribution >= 0.6 is 0 Å². The molecule has 0 atom stereocenters. The molecule has 0 N–H and O–H groups in total. The molecule has 1 aliphatic rings. The van der Waals surface area contributed by atoms with Crippen LogP contribution in [0.15, 0.2) is 16.8 Å². The van der Waals surface area contributed by atoms with E-state index in [1.54, 1.807) is 0 Å². The van der Waals surface area contributed by atoms with Gasteiger partial charge in [-0.1, -0.05) is 11.2 Å². The average molecular weight is 180 g/mol. The normalized spacial score (nSPS) is 18.8. The summed E-state index contributed by atoms with van der Waals surface area (Å²) in [5.41, 5.74) is 0.984. The van der Waals surface area contributed by atoms with Crippen molar-refractivity contribution in [2.75, 3.05) is 0 Å². The van der Waals surface area contributed by atoms with Gasteiger partial charge in [-0.25, -0.2) is 0 Å². The lowest BCUT2D eigenvalue weighted by Gasteiger charge is -2.15.